The van der Waals surface area contributed by atoms with Crippen LogP contribution in [0.5, 0.6) is 0 Å². The van der Waals surface area contributed by atoms with Gasteiger partial charge in [-0.2, -0.15) is 0 Å². The highest BCUT2D eigenvalue weighted by Gasteiger charge is 2.13. The summed E-state index contributed by atoms with van der Waals surface area (Å²) in [6.45, 7) is 0. The Balaban J connectivity index is 1.25. The van der Waals surface area contributed by atoms with Gasteiger partial charge < -0.3 is 4.57 Å². The first-order valence-electron chi connectivity index (χ1n) is 12.6. The third-order valence-corrected chi connectivity index (χ3v) is 7.08. The Morgan fingerprint density at radius 1 is 0.405 bits per heavy atom. The SMILES string of the molecule is c1ccc(-n2c3ccccc3c3cc(-c4ccc(-c5ccc(-c6ccccn6)cc5)cc4)ccc32)cc1. The first kappa shape index (κ1) is 21.3. The van der Waals surface area contributed by atoms with Crippen LogP contribution in [0.2, 0.25) is 0 Å². The second kappa shape index (κ2) is 8.92. The molecule has 0 saturated heterocycles. The zero-order chi connectivity index (χ0) is 24.6. The highest BCUT2D eigenvalue weighted by Crippen LogP contribution is 2.35. The molecule has 2 nitrogen and oxygen atoms in total. The number of rotatable bonds is 4. The van der Waals surface area contributed by atoms with Crippen LogP contribution in [0.25, 0.3) is 61.0 Å². The average Bonchev–Trinajstić information content (AvgIpc) is 3.32. The summed E-state index contributed by atoms with van der Waals surface area (Å²) in [7, 11) is 0. The van der Waals surface area contributed by atoms with Gasteiger partial charge in [-0.3, -0.25) is 4.98 Å². The normalized spacial score (nSPS) is 11.2. The Kier molecular flexibility index (Phi) is 5.15. The summed E-state index contributed by atoms with van der Waals surface area (Å²) in [4.78, 5) is 4.45. The molecule has 0 amide bonds. The summed E-state index contributed by atoms with van der Waals surface area (Å²) in [5, 5.41) is 2.54. The molecule has 0 aliphatic rings. The van der Waals surface area contributed by atoms with E-state index in [0.29, 0.717) is 0 Å². The zero-order valence-corrected chi connectivity index (χ0v) is 20.3. The quantitative estimate of drug-likeness (QED) is 0.250. The summed E-state index contributed by atoms with van der Waals surface area (Å²) in [5.74, 6) is 0. The van der Waals surface area contributed by atoms with Gasteiger partial charge in [-0.05, 0) is 64.7 Å². The minimum Gasteiger partial charge on any atom is -0.309 e. The van der Waals surface area contributed by atoms with Crippen molar-refractivity contribution in [3.8, 4) is 39.2 Å². The number of pyridine rings is 1. The average molecular weight is 473 g/mol. The smallest absolute Gasteiger partial charge is 0.0701 e. The predicted molar refractivity (Wildman–Crippen MR) is 155 cm³/mol. The van der Waals surface area contributed by atoms with E-state index in [2.05, 4.69) is 131 Å². The third-order valence-electron chi connectivity index (χ3n) is 7.08. The van der Waals surface area contributed by atoms with Gasteiger partial charge in [0.05, 0.1) is 16.7 Å². The number of aromatic nitrogens is 2. The van der Waals surface area contributed by atoms with E-state index in [0.717, 1.165) is 11.3 Å². The topological polar surface area (TPSA) is 17.8 Å². The van der Waals surface area contributed by atoms with Crippen molar-refractivity contribution in [3.63, 3.8) is 0 Å². The van der Waals surface area contributed by atoms with Crippen molar-refractivity contribution in [1.82, 2.24) is 9.55 Å². The van der Waals surface area contributed by atoms with Crippen LogP contribution < -0.4 is 0 Å². The lowest BCUT2D eigenvalue weighted by Gasteiger charge is -2.09. The maximum Gasteiger partial charge on any atom is 0.0701 e. The largest absolute Gasteiger partial charge is 0.309 e. The van der Waals surface area contributed by atoms with Gasteiger partial charge in [0.2, 0.25) is 0 Å². The van der Waals surface area contributed by atoms with E-state index >= 15 is 0 Å². The summed E-state index contributed by atoms with van der Waals surface area (Å²) in [5.41, 5.74) is 10.6. The van der Waals surface area contributed by atoms with Crippen LogP contribution in [0.15, 0.2) is 146 Å². The summed E-state index contributed by atoms with van der Waals surface area (Å²) < 4.78 is 2.35. The third kappa shape index (κ3) is 3.80. The van der Waals surface area contributed by atoms with Crippen molar-refractivity contribution >= 4 is 21.8 Å². The molecule has 37 heavy (non-hydrogen) atoms. The van der Waals surface area contributed by atoms with Crippen molar-refractivity contribution in [1.29, 1.82) is 0 Å². The molecule has 0 aliphatic heterocycles. The van der Waals surface area contributed by atoms with Gasteiger partial charge in [0.25, 0.3) is 0 Å². The predicted octanol–water partition coefficient (Wildman–Crippen LogP) is 9.18. The van der Waals surface area contributed by atoms with Gasteiger partial charge in [-0.15, -0.1) is 0 Å². The van der Waals surface area contributed by atoms with E-state index < -0.39 is 0 Å². The maximum atomic E-state index is 4.45. The van der Waals surface area contributed by atoms with E-state index in [4.69, 9.17) is 0 Å². The molecule has 0 aliphatic carbocycles. The lowest BCUT2D eigenvalue weighted by molar-refractivity contribution is 1.18. The molecule has 0 atom stereocenters. The number of para-hydroxylation sites is 2. The Morgan fingerprint density at radius 2 is 0.973 bits per heavy atom. The van der Waals surface area contributed by atoms with Crippen molar-refractivity contribution < 1.29 is 0 Å². The number of fused-ring (bicyclic) bond motifs is 3. The Morgan fingerprint density at radius 3 is 1.68 bits per heavy atom. The van der Waals surface area contributed by atoms with Crippen LogP contribution in [-0.4, -0.2) is 9.55 Å². The van der Waals surface area contributed by atoms with Gasteiger partial charge in [0.15, 0.2) is 0 Å². The van der Waals surface area contributed by atoms with Gasteiger partial charge in [0.1, 0.15) is 0 Å². The van der Waals surface area contributed by atoms with Crippen LogP contribution in [0.3, 0.4) is 0 Å². The number of benzene rings is 5. The van der Waals surface area contributed by atoms with E-state index in [1.54, 1.807) is 0 Å². The fraction of sp³-hybridized carbons (Fsp3) is 0. The van der Waals surface area contributed by atoms with Crippen molar-refractivity contribution in [2.75, 3.05) is 0 Å². The van der Waals surface area contributed by atoms with Crippen molar-refractivity contribution in [3.05, 3.63) is 146 Å². The Labute approximate surface area is 216 Å². The zero-order valence-electron chi connectivity index (χ0n) is 20.3. The standard InChI is InChI=1S/C35H24N2/c1-2-8-30(9-3-1)37-34-12-5-4-10-31(34)32-24-29(21-22-35(32)37)27-15-13-25(14-16-27)26-17-19-28(20-18-26)33-11-6-7-23-36-33/h1-24H. The number of hydrogen-bond acceptors (Lipinski definition) is 1. The molecular weight excluding hydrogens is 448 g/mol. The van der Waals surface area contributed by atoms with Crippen LogP contribution in [0.1, 0.15) is 0 Å². The summed E-state index contributed by atoms with van der Waals surface area (Å²) >= 11 is 0. The molecule has 7 aromatic rings. The lowest BCUT2D eigenvalue weighted by Crippen LogP contribution is -1.92. The van der Waals surface area contributed by atoms with Gasteiger partial charge in [-0.25, -0.2) is 0 Å². The molecule has 2 aromatic heterocycles. The second-order valence-electron chi connectivity index (χ2n) is 9.29. The minimum atomic E-state index is 0.994. The highest BCUT2D eigenvalue weighted by atomic mass is 15.0. The molecule has 0 spiro atoms. The molecule has 0 saturated carbocycles. The van der Waals surface area contributed by atoms with Crippen LogP contribution in [0.4, 0.5) is 0 Å². The summed E-state index contributed by atoms with van der Waals surface area (Å²) in [6.07, 6.45) is 1.83. The molecule has 2 heteroatoms. The first-order chi connectivity index (χ1) is 18.3. The second-order valence-corrected chi connectivity index (χ2v) is 9.29. The molecule has 5 aromatic carbocycles. The van der Waals surface area contributed by atoms with E-state index in [9.17, 15) is 0 Å². The van der Waals surface area contributed by atoms with Gasteiger partial charge in [-0.1, -0.05) is 97.1 Å². The molecule has 2 heterocycles. The van der Waals surface area contributed by atoms with Crippen molar-refractivity contribution in [2.45, 2.75) is 0 Å². The highest BCUT2D eigenvalue weighted by molar-refractivity contribution is 6.10. The van der Waals surface area contributed by atoms with Crippen LogP contribution in [-0.2, 0) is 0 Å². The molecule has 0 fully saturated rings. The maximum absolute atomic E-state index is 4.45. The molecular formula is C35H24N2. The number of nitrogens with zero attached hydrogens (tertiary/aromatic N) is 2. The molecule has 0 radical (unpaired) electrons. The monoisotopic (exact) mass is 472 g/mol. The molecule has 0 bridgehead atoms. The molecule has 7 rings (SSSR count). The molecule has 0 unspecified atom stereocenters. The van der Waals surface area contributed by atoms with Gasteiger partial charge in [0, 0.05) is 28.2 Å². The van der Waals surface area contributed by atoms with Gasteiger partial charge >= 0.3 is 0 Å². The van der Waals surface area contributed by atoms with Crippen LogP contribution in [0, 0.1) is 0 Å². The Hall–Kier alpha value is -4.95. The lowest BCUT2D eigenvalue weighted by atomic mass is 9.98. The fourth-order valence-electron chi connectivity index (χ4n) is 5.23. The molecule has 174 valence electrons. The minimum absolute atomic E-state index is 0.994. The number of hydrogen-bond donors (Lipinski definition) is 0. The van der Waals surface area contributed by atoms with E-state index in [1.807, 2.05) is 24.4 Å². The van der Waals surface area contributed by atoms with E-state index in [-0.39, 0.29) is 0 Å². The van der Waals surface area contributed by atoms with E-state index in [1.165, 1.54) is 49.7 Å². The van der Waals surface area contributed by atoms with Crippen LogP contribution >= 0.6 is 0 Å². The Bertz CT molecular complexity index is 1830. The summed E-state index contributed by atoms with van der Waals surface area (Å²) in [6, 6.07) is 49.6. The molecule has 0 N–H and O–H groups in total. The fourth-order valence-corrected chi connectivity index (χ4v) is 5.23. The first-order valence-corrected chi connectivity index (χ1v) is 12.6. The van der Waals surface area contributed by atoms with Crippen molar-refractivity contribution in [2.24, 2.45) is 0 Å².